The Labute approximate surface area is 182 Å². The van der Waals surface area contributed by atoms with Crippen LogP contribution >= 0.6 is 0 Å². The second kappa shape index (κ2) is 8.36. The summed E-state index contributed by atoms with van der Waals surface area (Å²) in [5, 5.41) is 0. The van der Waals surface area contributed by atoms with E-state index in [2.05, 4.69) is 64.4 Å². The average molecular weight is 403 g/mol. The van der Waals surface area contributed by atoms with E-state index in [1.807, 2.05) is 67.1 Å². The molecule has 1 unspecified atom stereocenters. The molecule has 150 valence electrons. The molecule has 0 saturated heterocycles. The average Bonchev–Trinajstić information content (AvgIpc) is 2.85. The summed E-state index contributed by atoms with van der Waals surface area (Å²) in [6.45, 7) is 2.10. The molecule has 3 heterocycles. The number of benzene rings is 2. The molecule has 4 aromatic rings. The Morgan fingerprint density at radius 3 is 1.90 bits per heavy atom. The van der Waals surface area contributed by atoms with Crippen LogP contribution in [-0.2, 0) is 0 Å². The van der Waals surface area contributed by atoms with Gasteiger partial charge in [-0.2, -0.15) is 0 Å². The van der Waals surface area contributed by atoms with Crippen molar-refractivity contribution in [3.05, 3.63) is 109 Å². The zero-order chi connectivity index (χ0) is 21.0. The first-order valence-electron chi connectivity index (χ1n) is 10.4. The lowest BCUT2D eigenvalue weighted by Gasteiger charge is -2.31. The molecule has 4 heteroatoms. The molecule has 1 atom stereocenters. The van der Waals surface area contributed by atoms with Gasteiger partial charge in [-0.3, -0.25) is 15.0 Å². The second-order valence-corrected chi connectivity index (χ2v) is 7.39. The molecule has 2 aromatic heterocycles. The minimum Gasteiger partial charge on any atom is -0.324 e. The highest BCUT2D eigenvalue weighted by Gasteiger charge is 2.21. The van der Waals surface area contributed by atoms with Crippen LogP contribution in [0, 0.1) is 0 Å². The van der Waals surface area contributed by atoms with E-state index in [4.69, 9.17) is 4.99 Å². The highest BCUT2D eigenvalue weighted by molar-refractivity contribution is 6.13. The third-order valence-corrected chi connectivity index (χ3v) is 5.41. The van der Waals surface area contributed by atoms with Crippen molar-refractivity contribution >= 4 is 17.5 Å². The number of anilines is 1. The zero-order valence-electron chi connectivity index (χ0n) is 17.3. The highest BCUT2D eigenvalue weighted by Crippen LogP contribution is 2.35. The van der Waals surface area contributed by atoms with Crippen LogP contribution in [-0.4, -0.2) is 22.3 Å². The molecule has 0 saturated carbocycles. The number of aliphatic imine (C=N–C) groups is 1. The molecule has 5 rings (SSSR count). The van der Waals surface area contributed by atoms with Crippen molar-refractivity contribution in [3.63, 3.8) is 0 Å². The second-order valence-electron chi connectivity index (χ2n) is 7.39. The number of allylic oxidation sites excluding steroid dienone is 1. The standard InChI is InChI=1S/C27H22N4/c1-20-30-18-21(22-10-2-3-11-23(22)25-13-6-8-16-28-25)19-31(20)27-15-5-4-12-24(27)26-14-7-9-17-29-26/h2-20H,1H3. The van der Waals surface area contributed by atoms with Gasteiger partial charge in [0.25, 0.3) is 0 Å². The van der Waals surface area contributed by atoms with Gasteiger partial charge in [0, 0.05) is 41.5 Å². The topological polar surface area (TPSA) is 41.4 Å². The largest absolute Gasteiger partial charge is 0.324 e. The van der Waals surface area contributed by atoms with E-state index in [-0.39, 0.29) is 6.17 Å². The van der Waals surface area contributed by atoms with Crippen LogP contribution < -0.4 is 4.90 Å². The third-order valence-electron chi connectivity index (χ3n) is 5.41. The van der Waals surface area contributed by atoms with Gasteiger partial charge in [0.05, 0.1) is 17.1 Å². The Morgan fingerprint density at radius 2 is 1.23 bits per heavy atom. The smallest absolute Gasteiger partial charge is 0.122 e. The van der Waals surface area contributed by atoms with Crippen molar-refractivity contribution in [1.82, 2.24) is 9.97 Å². The maximum atomic E-state index is 4.81. The van der Waals surface area contributed by atoms with E-state index in [1.54, 1.807) is 0 Å². The van der Waals surface area contributed by atoms with Gasteiger partial charge >= 0.3 is 0 Å². The van der Waals surface area contributed by atoms with Crippen molar-refractivity contribution < 1.29 is 0 Å². The van der Waals surface area contributed by atoms with E-state index in [9.17, 15) is 0 Å². The normalized spacial score (nSPS) is 15.6. The molecule has 1 aliphatic heterocycles. The fraction of sp³-hybridized carbons (Fsp3) is 0.0741. The van der Waals surface area contributed by atoms with E-state index in [1.165, 1.54) is 0 Å². The quantitative estimate of drug-likeness (QED) is 0.415. The van der Waals surface area contributed by atoms with E-state index in [0.717, 1.165) is 39.3 Å². The molecular weight excluding hydrogens is 380 g/mol. The first-order valence-corrected chi connectivity index (χ1v) is 10.4. The maximum absolute atomic E-state index is 4.81. The first-order chi connectivity index (χ1) is 15.3. The summed E-state index contributed by atoms with van der Waals surface area (Å²) >= 11 is 0. The fourth-order valence-corrected chi connectivity index (χ4v) is 3.88. The lowest BCUT2D eigenvalue weighted by molar-refractivity contribution is 0.748. The minimum absolute atomic E-state index is 0.0179. The molecule has 0 amide bonds. The zero-order valence-corrected chi connectivity index (χ0v) is 17.3. The Morgan fingerprint density at radius 1 is 0.645 bits per heavy atom. The van der Waals surface area contributed by atoms with E-state index in [0.29, 0.717) is 0 Å². The van der Waals surface area contributed by atoms with Crippen molar-refractivity contribution in [2.45, 2.75) is 13.1 Å². The predicted octanol–water partition coefficient (Wildman–Crippen LogP) is 6.09. The molecule has 4 nitrogen and oxygen atoms in total. The molecular formula is C27H22N4. The van der Waals surface area contributed by atoms with Crippen LogP contribution in [0.1, 0.15) is 12.5 Å². The Bertz CT molecular complexity index is 1250. The number of nitrogens with zero attached hydrogens (tertiary/aromatic N) is 4. The van der Waals surface area contributed by atoms with Gasteiger partial charge in [-0.25, -0.2) is 0 Å². The minimum atomic E-state index is -0.0179. The van der Waals surface area contributed by atoms with Crippen LogP contribution in [0.5, 0.6) is 0 Å². The van der Waals surface area contributed by atoms with Crippen LogP contribution in [0.25, 0.3) is 28.1 Å². The molecule has 0 radical (unpaired) electrons. The SMILES string of the molecule is CC1N=CC(c2ccccc2-c2ccccn2)=CN1c1ccccc1-c1ccccn1. The maximum Gasteiger partial charge on any atom is 0.122 e. The first kappa shape index (κ1) is 18.9. The van der Waals surface area contributed by atoms with Crippen molar-refractivity contribution in [1.29, 1.82) is 0 Å². The summed E-state index contributed by atoms with van der Waals surface area (Å²) in [6.07, 6.45) is 7.78. The lowest BCUT2D eigenvalue weighted by Crippen LogP contribution is -2.30. The number of hydrogen-bond acceptors (Lipinski definition) is 4. The van der Waals surface area contributed by atoms with Gasteiger partial charge < -0.3 is 4.90 Å². The summed E-state index contributed by atoms with van der Waals surface area (Å²) in [5.74, 6) is 0. The molecule has 31 heavy (non-hydrogen) atoms. The summed E-state index contributed by atoms with van der Waals surface area (Å²) in [7, 11) is 0. The molecule has 0 aliphatic carbocycles. The van der Waals surface area contributed by atoms with Crippen LogP contribution in [0.3, 0.4) is 0 Å². The summed E-state index contributed by atoms with van der Waals surface area (Å²) in [4.78, 5) is 16.1. The van der Waals surface area contributed by atoms with Gasteiger partial charge in [0.2, 0.25) is 0 Å². The Balaban J connectivity index is 1.61. The third kappa shape index (κ3) is 3.76. The van der Waals surface area contributed by atoms with Crippen molar-refractivity contribution in [2.24, 2.45) is 4.99 Å². The van der Waals surface area contributed by atoms with Crippen LogP contribution in [0.15, 0.2) is 109 Å². The number of aromatic nitrogens is 2. The summed E-state index contributed by atoms with van der Waals surface area (Å²) in [6, 6.07) is 28.7. The van der Waals surface area contributed by atoms with Gasteiger partial charge in [-0.1, -0.05) is 54.6 Å². The number of rotatable bonds is 4. The molecule has 2 aromatic carbocycles. The summed E-state index contributed by atoms with van der Waals surface area (Å²) < 4.78 is 0. The monoisotopic (exact) mass is 402 g/mol. The predicted molar refractivity (Wildman–Crippen MR) is 128 cm³/mol. The van der Waals surface area contributed by atoms with Gasteiger partial charge in [0.15, 0.2) is 0 Å². The Kier molecular flexibility index (Phi) is 5.11. The molecule has 0 fully saturated rings. The number of para-hydroxylation sites is 1. The lowest BCUT2D eigenvalue weighted by atomic mass is 9.97. The molecule has 0 spiro atoms. The van der Waals surface area contributed by atoms with Crippen molar-refractivity contribution in [3.8, 4) is 22.5 Å². The van der Waals surface area contributed by atoms with Gasteiger partial charge in [0.1, 0.15) is 6.17 Å². The molecule has 1 aliphatic rings. The number of hydrogen-bond donors (Lipinski definition) is 0. The summed E-state index contributed by atoms with van der Waals surface area (Å²) in [5.41, 5.74) is 7.31. The van der Waals surface area contributed by atoms with Gasteiger partial charge in [-0.15, -0.1) is 0 Å². The van der Waals surface area contributed by atoms with Crippen molar-refractivity contribution in [2.75, 3.05) is 4.90 Å². The van der Waals surface area contributed by atoms with Crippen LogP contribution in [0.4, 0.5) is 5.69 Å². The van der Waals surface area contributed by atoms with Gasteiger partial charge in [-0.05, 0) is 42.8 Å². The highest BCUT2D eigenvalue weighted by atomic mass is 15.2. The fourth-order valence-electron chi connectivity index (χ4n) is 3.88. The number of pyridine rings is 2. The Hall–Kier alpha value is -4.05. The molecule has 0 N–H and O–H groups in total. The molecule has 0 bridgehead atoms. The van der Waals surface area contributed by atoms with E-state index < -0.39 is 0 Å². The van der Waals surface area contributed by atoms with Crippen LogP contribution in [0.2, 0.25) is 0 Å². The van der Waals surface area contributed by atoms with E-state index >= 15 is 0 Å².